The molecule has 0 bridgehead atoms. The minimum atomic E-state index is 0.280. The highest BCUT2D eigenvalue weighted by atomic mass is 16.7. The first kappa shape index (κ1) is 23.6. The van der Waals surface area contributed by atoms with Gasteiger partial charge in [-0.1, -0.05) is 0 Å². The first-order valence-electron chi connectivity index (χ1n) is 13.4. The van der Waals surface area contributed by atoms with Crippen LogP contribution in [0.25, 0.3) is 22.3 Å². The Balaban J connectivity index is 1.03. The van der Waals surface area contributed by atoms with Crippen molar-refractivity contribution in [3.05, 3.63) is 72.1 Å². The van der Waals surface area contributed by atoms with Crippen LogP contribution < -0.4 is 28.7 Å². The minimum absolute atomic E-state index is 0.280. The molecule has 0 saturated carbocycles. The van der Waals surface area contributed by atoms with E-state index in [1.54, 1.807) is 0 Å². The van der Waals surface area contributed by atoms with Gasteiger partial charge in [-0.15, -0.1) is 0 Å². The average molecular weight is 523 g/mol. The number of rotatable bonds is 4. The summed E-state index contributed by atoms with van der Waals surface area (Å²) in [5.74, 6) is 5.27. The molecule has 7 rings (SSSR count). The van der Waals surface area contributed by atoms with Gasteiger partial charge < -0.3 is 28.7 Å². The Morgan fingerprint density at radius 1 is 0.564 bits per heavy atom. The van der Waals surface area contributed by atoms with Gasteiger partial charge in [-0.2, -0.15) is 0 Å². The molecule has 0 atom stereocenters. The topological polar surface area (TPSA) is 69.2 Å². The Kier molecular flexibility index (Phi) is 5.87. The summed E-state index contributed by atoms with van der Waals surface area (Å²) >= 11 is 0. The lowest BCUT2D eigenvalue weighted by Gasteiger charge is -2.23. The lowest BCUT2D eigenvalue weighted by molar-refractivity contribution is 0.173. The van der Waals surface area contributed by atoms with Crippen molar-refractivity contribution >= 4 is 11.6 Å². The summed E-state index contributed by atoms with van der Waals surface area (Å²) in [5, 5.41) is 0. The lowest BCUT2D eigenvalue weighted by atomic mass is 10.0. The van der Waals surface area contributed by atoms with Crippen LogP contribution in [-0.2, 0) is 0 Å². The van der Waals surface area contributed by atoms with Gasteiger partial charge >= 0.3 is 0 Å². The second-order valence-corrected chi connectivity index (χ2v) is 10.2. The zero-order valence-corrected chi connectivity index (χ0v) is 22.1. The van der Waals surface area contributed by atoms with Crippen molar-refractivity contribution in [1.82, 2.24) is 9.97 Å². The number of aryl methyl sites for hydroxylation is 2. The van der Waals surface area contributed by atoms with E-state index in [-0.39, 0.29) is 13.6 Å². The van der Waals surface area contributed by atoms with Gasteiger partial charge in [-0.05, 0) is 91.1 Å². The molecule has 2 aromatic carbocycles. The van der Waals surface area contributed by atoms with Gasteiger partial charge in [-0.25, -0.2) is 9.97 Å². The molecule has 0 N–H and O–H groups in total. The number of benzene rings is 2. The molecule has 0 aliphatic carbocycles. The van der Waals surface area contributed by atoms with Crippen LogP contribution in [0.4, 0.5) is 11.6 Å². The largest absolute Gasteiger partial charge is 0.454 e. The van der Waals surface area contributed by atoms with Crippen LogP contribution in [0.2, 0.25) is 0 Å². The van der Waals surface area contributed by atoms with Gasteiger partial charge in [-0.3, -0.25) is 0 Å². The summed E-state index contributed by atoms with van der Waals surface area (Å²) in [7, 11) is 0. The first-order chi connectivity index (χ1) is 19.1. The molecular weight excluding hydrogens is 492 g/mol. The number of fused-ring (bicyclic) bond motifs is 2. The summed E-state index contributed by atoms with van der Waals surface area (Å²) in [6.07, 6.45) is 4.94. The highest BCUT2D eigenvalue weighted by Gasteiger charge is 2.21. The Bertz CT molecular complexity index is 1410. The summed E-state index contributed by atoms with van der Waals surface area (Å²) in [6.45, 7) is 8.34. The summed E-state index contributed by atoms with van der Waals surface area (Å²) in [5.41, 5.74) is 6.46. The fraction of sp³-hybridized carbons (Fsp3) is 0.290. The third-order valence-corrected chi connectivity index (χ3v) is 7.62. The van der Waals surface area contributed by atoms with Crippen LogP contribution in [0.1, 0.15) is 17.5 Å². The molecule has 0 radical (unpaired) electrons. The zero-order valence-electron chi connectivity index (χ0n) is 22.1. The van der Waals surface area contributed by atoms with E-state index in [0.717, 1.165) is 101 Å². The van der Waals surface area contributed by atoms with Crippen LogP contribution in [0.15, 0.2) is 60.9 Å². The number of hydrogen-bond acceptors (Lipinski definition) is 8. The van der Waals surface area contributed by atoms with Crippen LogP contribution >= 0.6 is 0 Å². The molecule has 0 spiro atoms. The Morgan fingerprint density at radius 2 is 1.05 bits per heavy atom. The number of aromatic nitrogens is 2. The van der Waals surface area contributed by atoms with Crippen LogP contribution in [0, 0.1) is 13.8 Å². The van der Waals surface area contributed by atoms with Crippen molar-refractivity contribution in [2.24, 2.45) is 0 Å². The standard InChI is InChI=1S/C31H30N4O4/c1-20-12-24(14-26-30(20)38-18-36-26)22-4-6-28(32-16-22)34-8-3-9-35(11-10-34)29-7-5-23(17-33-29)25-13-21(2)31-27(15-25)37-19-39-31/h4-7,12-17H,3,8-11,18-19H2,1-2H3. The van der Waals surface area contributed by atoms with Gasteiger partial charge in [0.25, 0.3) is 0 Å². The Labute approximate surface area is 227 Å². The van der Waals surface area contributed by atoms with E-state index in [1.807, 2.05) is 38.4 Å². The molecule has 4 aromatic rings. The van der Waals surface area contributed by atoms with Gasteiger partial charge in [0.2, 0.25) is 13.6 Å². The molecule has 198 valence electrons. The summed E-state index contributed by atoms with van der Waals surface area (Å²) in [4.78, 5) is 14.4. The maximum absolute atomic E-state index is 5.60. The normalized spacial score (nSPS) is 15.9. The number of anilines is 2. The third-order valence-electron chi connectivity index (χ3n) is 7.62. The van der Waals surface area contributed by atoms with Crippen molar-refractivity contribution in [3.8, 4) is 45.3 Å². The molecular formula is C31H30N4O4. The van der Waals surface area contributed by atoms with Gasteiger partial charge in [0.05, 0.1) is 0 Å². The maximum Gasteiger partial charge on any atom is 0.231 e. The highest BCUT2D eigenvalue weighted by Crippen LogP contribution is 2.40. The number of pyridine rings is 2. The molecule has 39 heavy (non-hydrogen) atoms. The molecule has 1 saturated heterocycles. The van der Waals surface area contributed by atoms with Gasteiger partial charge in [0.15, 0.2) is 23.0 Å². The van der Waals surface area contributed by atoms with Crippen molar-refractivity contribution in [2.75, 3.05) is 49.6 Å². The Morgan fingerprint density at radius 3 is 1.49 bits per heavy atom. The average Bonchev–Trinajstić information content (AvgIpc) is 3.58. The predicted molar refractivity (Wildman–Crippen MR) is 150 cm³/mol. The van der Waals surface area contributed by atoms with Crippen molar-refractivity contribution in [1.29, 1.82) is 0 Å². The van der Waals surface area contributed by atoms with E-state index in [9.17, 15) is 0 Å². The van der Waals surface area contributed by atoms with E-state index < -0.39 is 0 Å². The number of nitrogens with zero attached hydrogens (tertiary/aromatic N) is 4. The minimum Gasteiger partial charge on any atom is -0.454 e. The molecule has 8 nitrogen and oxygen atoms in total. The monoisotopic (exact) mass is 522 g/mol. The zero-order chi connectivity index (χ0) is 26.3. The molecule has 0 unspecified atom stereocenters. The van der Waals surface area contributed by atoms with Gasteiger partial charge in [0.1, 0.15) is 11.6 Å². The Hall–Kier alpha value is -4.46. The molecule has 2 aromatic heterocycles. The van der Waals surface area contributed by atoms with E-state index >= 15 is 0 Å². The molecule has 0 amide bonds. The van der Waals surface area contributed by atoms with Crippen molar-refractivity contribution in [3.63, 3.8) is 0 Å². The molecule has 3 aliphatic heterocycles. The van der Waals surface area contributed by atoms with Crippen LogP contribution in [0.3, 0.4) is 0 Å². The maximum atomic E-state index is 5.60. The second kappa shape index (κ2) is 9.69. The third kappa shape index (κ3) is 4.46. The fourth-order valence-electron chi connectivity index (χ4n) is 5.57. The molecule has 8 heteroatoms. The highest BCUT2D eigenvalue weighted by molar-refractivity contribution is 5.71. The lowest BCUT2D eigenvalue weighted by Crippen LogP contribution is -2.31. The number of ether oxygens (including phenoxy) is 4. The van der Waals surface area contributed by atoms with E-state index in [1.165, 1.54) is 0 Å². The van der Waals surface area contributed by atoms with Crippen LogP contribution in [-0.4, -0.2) is 49.7 Å². The van der Waals surface area contributed by atoms with Crippen LogP contribution in [0.5, 0.6) is 23.0 Å². The van der Waals surface area contributed by atoms with E-state index in [2.05, 4.69) is 46.2 Å². The molecule has 5 heterocycles. The van der Waals surface area contributed by atoms with Gasteiger partial charge in [0, 0.05) is 49.7 Å². The summed E-state index contributed by atoms with van der Waals surface area (Å²) in [6, 6.07) is 16.8. The quantitative estimate of drug-likeness (QED) is 0.343. The first-order valence-corrected chi connectivity index (χ1v) is 13.4. The van der Waals surface area contributed by atoms with Crippen molar-refractivity contribution < 1.29 is 18.9 Å². The SMILES string of the molecule is Cc1cc(-c2ccc(N3CCCN(c4ccc(-c5cc(C)c6c(c5)OCO6)cn4)CC3)nc2)cc2c1OCO2. The van der Waals surface area contributed by atoms with Crippen molar-refractivity contribution in [2.45, 2.75) is 20.3 Å². The molecule has 3 aliphatic rings. The predicted octanol–water partition coefficient (Wildman–Crippen LogP) is 5.60. The molecule has 1 fully saturated rings. The summed E-state index contributed by atoms with van der Waals surface area (Å²) < 4.78 is 22.3. The smallest absolute Gasteiger partial charge is 0.231 e. The second-order valence-electron chi connectivity index (χ2n) is 10.2. The number of hydrogen-bond donors (Lipinski definition) is 0. The van der Waals surface area contributed by atoms with E-state index in [4.69, 9.17) is 28.9 Å². The van der Waals surface area contributed by atoms with E-state index in [0.29, 0.717) is 0 Å². The fourth-order valence-corrected chi connectivity index (χ4v) is 5.57.